The largest absolute Gasteiger partial charge is 0.355 e. The van der Waals surface area contributed by atoms with Crippen molar-refractivity contribution in [3.05, 3.63) is 12.7 Å². The van der Waals surface area contributed by atoms with E-state index in [9.17, 15) is 24.0 Å². The van der Waals surface area contributed by atoms with Crippen LogP contribution in [0.5, 0.6) is 0 Å². The van der Waals surface area contributed by atoms with Gasteiger partial charge in [0.25, 0.3) is 0 Å². The quantitative estimate of drug-likeness (QED) is 0.106. The summed E-state index contributed by atoms with van der Waals surface area (Å²) in [5.74, 6) is 0.0675. The SMILES string of the molecule is C=CCNC=O.CC.CC.CCC.CCC(C(=O)NC(CC(C)=O)CC1CCC1)N(CC)C(=O)C(NC(=O)NC)C(C)(C)C. The lowest BCUT2D eigenvalue weighted by molar-refractivity contribution is -0.144. The second-order valence-electron chi connectivity index (χ2n) is 11.2. The molecule has 1 aliphatic carbocycles. The molecule has 0 heterocycles. The molecule has 0 spiro atoms. The predicted molar refractivity (Wildman–Crippen MR) is 184 cm³/mol. The third-order valence-electron chi connectivity index (χ3n) is 6.37. The van der Waals surface area contributed by atoms with Gasteiger partial charge in [0.1, 0.15) is 17.9 Å². The second kappa shape index (κ2) is 30.1. The Hall–Kier alpha value is -2.91. The number of ketones is 1. The van der Waals surface area contributed by atoms with Gasteiger partial charge in [0.05, 0.1) is 0 Å². The summed E-state index contributed by atoms with van der Waals surface area (Å²) < 4.78 is 0. The van der Waals surface area contributed by atoms with E-state index in [1.54, 1.807) is 6.08 Å². The number of carbonyl (C=O) groups excluding carboxylic acids is 5. The minimum absolute atomic E-state index is 0.0451. The lowest BCUT2D eigenvalue weighted by Crippen LogP contribution is -2.60. The van der Waals surface area contributed by atoms with Crippen LogP contribution in [-0.4, -0.2) is 73.2 Å². The lowest BCUT2D eigenvalue weighted by atomic mass is 9.80. The van der Waals surface area contributed by atoms with Gasteiger partial charge in [-0.15, -0.1) is 6.58 Å². The molecule has 260 valence electrons. The Morgan fingerprint density at radius 2 is 1.50 bits per heavy atom. The summed E-state index contributed by atoms with van der Waals surface area (Å²) in [7, 11) is 1.50. The van der Waals surface area contributed by atoms with Gasteiger partial charge >= 0.3 is 6.03 Å². The van der Waals surface area contributed by atoms with Crippen LogP contribution in [0.3, 0.4) is 0 Å². The van der Waals surface area contributed by atoms with Gasteiger partial charge in [0.15, 0.2) is 0 Å². The summed E-state index contributed by atoms with van der Waals surface area (Å²) in [6, 6.07) is -2.09. The highest BCUT2D eigenvalue weighted by Gasteiger charge is 2.39. The molecule has 0 saturated heterocycles. The Labute approximate surface area is 270 Å². The second-order valence-corrected chi connectivity index (χ2v) is 11.2. The normalized spacial score (nSPS) is 13.6. The highest BCUT2D eigenvalue weighted by atomic mass is 16.2. The highest BCUT2D eigenvalue weighted by Crippen LogP contribution is 2.31. The van der Waals surface area contributed by atoms with Crippen molar-refractivity contribution in [2.75, 3.05) is 20.1 Å². The number of Topliss-reactive ketones (excluding diaryl/α,β-unsaturated/α-hetero) is 1. The predicted octanol–water partition coefficient (Wildman–Crippen LogP) is 6.00. The van der Waals surface area contributed by atoms with Gasteiger partial charge in [-0.05, 0) is 38.0 Å². The third-order valence-corrected chi connectivity index (χ3v) is 6.37. The van der Waals surface area contributed by atoms with Gasteiger partial charge in [0.2, 0.25) is 18.2 Å². The molecule has 0 radical (unpaired) electrons. The van der Waals surface area contributed by atoms with Crippen molar-refractivity contribution >= 4 is 30.0 Å². The van der Waals surface area contributed by atoms with Crippen LogP contribution in [0.4, 0.5) is 4.79 Å². The summed E-state index contributed by atoms with van der Waals surface area (Å²) in [6.45, 7) is 27.4. The zero-order valence-electron chi connectivity index (χ0n) is 30.5. The first kappa shape index (κ1) is 48.0. The zero-order chi connectivity index (χ0) is 35.3. The van der Waals surface area contributed by atoms with Crippen molar-refractivity contribution in [1.82, 2.24) is 26.2 Å². The van der Waals surface area contributed by atoms with Crippen LogP contribution >= 0.6 is 0 Å². The number of hydrogen-bond donors (Lipinski definition) is 4. The number of amides is 5. The third kappa shape index (κ3) is 22.6. The lowest BCUT2D eigenvalue weighted by Gasteiger charge is -2.38. The molecule has 10 nitrogen and oxygen atoms in total. The number of rotatable bonds is 14. The fraction of sp³-hybridized carbons (Fsp3) is 0.794. The van der Waals surface area contributed by atoms with E-state index in [4.69, 9.17) is 0 Å². The fourth-order valence-corrected chi connectivity index (χ4v) is 4.19. The van der Waals surface area contributed by atoms with E-state index in [0.717, 1.165) is 19.3 Å². The van der Waals surface area contributed by atoms with E-state index >= 15 is 0 Å². The van der Waals surface area contributed by atoms with Crippen LogP contribution in [0.25, 0.3) is 0 Å². The maximum absolute atomic E-state index is 13.4. The van der Waals surface area contributed by atoms with Crippen molar-refractivity contribution in [2.45, 2.75) is 146 Å². The topological polar surface area (TPSA) is 137 Å². The molecule has 0 aromatic carbocycles. The van der Waals surface area contributed by atoms with Crippen LogP contribution in [0, 0.1) is 11.3 Å². The number of urea groups is 1. The summed E-state index contributed by atoms with van der Waals surface area (Å²) in [4.78, 5) is 61.2. The molecular weight excluding hydrogens is 558 g/mol. The van der Waals surface area contributed by atoms with Crippen molar-refractivity contribution in [2.24, 2.45) is 11.3 Å². The summed E-state index contributed by atoms with van der Waals surface area (Å²) in [5.41, 5.74) is -0.535. The number of nitrogens with zero attached hydrogens (tertiary/aromatic N) is 1. The fourth-order valence-electron chi connectivity index (χ4n) is 4.19. The van der Waals surface area contributed by atoms with E-state index in [2.05, 4.69) is 41.7 Å². The monoisotopic (exact) mass is 628 g/mol. The van der Waals surface area contributed by atoms with E-state index < -0.39 is 23.5 Å². The first-order valence-corrected chi connectivity index (χ1v) is 16.6. The van der Waals surface area contributed by atoms with Crippen LogP contribution in [0.1, 0.15) is 128 Å². The van der Waals surface area contributed by atoms with Gasteiger partial charge in [-0.1, -0.05) is 101 Å². The van der Waals surface area contributed by atoms with Crippen LogP contribution in [-0.2, 0) is 19.2 Å². The highest BCUT2D eigenvalue weighted by molar-refractivity contribution is 5.92. The molecule has 4 N–H and O–H groups in total. The van der Waals surface area contributed by atoms with Crippen LogP contribution in [0.2, 0.25) is 0 Å². The van der Waals surface area contributed by atoms with E-state index in [0.29, 0.717) is 38.3 Å². The molecule has 3 atom stereocenters. The molecular formula is C34H69N5O5. The summed E-state index contributed by atoms with van der Waals surface area (Å²) in [6.07, 6.45) is 8.54. The van der Waals surface area contributed by atoms with Gasteiger partial charge in [-0.3, -0.25) is 19.2 Å². The zero-order valence-corrected chi connectivity index (χ0v) is 30.5. The Kier molecular flexibility index (Phi) is 32.9. The van der Waals surface area contributed by atoms with E-state index in [1.165, 1.54) is 31.7 Å². The number of likely N-dealkylation sites (N-methyl/N-ethyl adjacent to an activating group) is 1. The number of carbonyl (C=O) groups is 5. The van der Waals surface area contributed by atoms with Gasteiger partial charge < -0.3 is 26.2 Å². The average Bonchev–Trinajstić information content (AvgIpc) is 2.96. The first-order valence-electron chi connectivity index (χ1n) is 16.6. The van der Waals surface area contributed by atoms with Crippen molar-refractivity contribution in [3.63, 3.8) is 0 Å². The van der Waals surface area contributed by atoms with Crippen molar-refractivity contribution in [3.8, 4) is 0 Å². The average molecular weight is 628 g/mol. The Morgan fingerprint density at radius 1 is 0.977 bits per heavy atom. The smallest absolute Gasteiger partial charge is 0.315 e. The first-order chi connectivity index (χ1) is 20.8. The Bertz CT molecular complexity index is 771. The van der Waals surface area contributed by atoms with Crippen molar-refractivity contribution in [1.29, 1.82) is 0 Å². The van der Waals surface area contributed by atoms with Crippen molar-refractivity contribution < 1.29 is 24.0 Å². The number of hydrogen-bond acceptors (Lipinski definition) is 5. The molecule has 10 heteroatoms. The molecule has 0 aliphatic heterocycles. The minimum Gasteiger partial charge on any atom is -0.355 e. The van der Waals surface area contributed by atoms with E-state index in [1.807, 2.05) is 62.3 Å². The maximum atomic E-state index is 13.4. The Balaban J connectivity index is -0.000000523. The Morgan fingerprint density at radius 3 is 1.80 bits per heavy atom. The maximum Gasteiger partial charge on any atom is 0.315 e. The summed E-state index contributed by atoms with van der Waals surface area (Å²) >= 11 is 0. The molecule has 1 aliphatic rings. The molecule has 3 unspecified atom stereocenters. The van der Waals surface area contributed by atoms with Gasteiger partial charge in [-0.25, -0.2) is 4.79 Å². The van der Waals surface area contributed by atoms with Gasteiger partial charge in [-0.2, -0.15) is 0 Å². The molecule has 1 fully saturated rings. The molecule has 0 bridgehead atoms. The van der Waals surface area contributed by atoms with E-state index in [-0.39, 0.29) is 23.6 Å². The molecule has 44 heavy (non-hydrogen) atoms. The molecule has 5 amide bonds. The van der Waals surface area contributed by atoms with Crippen LogP contribution < -0.4 is 21.3 Å². The molecule has 0 aromatic rings. The molecule has 1 rings (SSSR count). The minimum atomic E-state index is -0.780. The molecule has 1 saturated carbocycles. The van der Waals surface area contributed by atoms with Crippen LogP contribution in [0.15, 0.2) is 12.7 Å². The molecule has 0 aromatic heterocycles. The van der Waals surface area contributed by atoms with Gasteiger partial charge in [0, 0.05) is 32.6 Å². The standard InChI is InChI=1S/C23H42N4O4.C4H7NO.C3H8.2C2H6/c1-8-18(20(29)25-17(13-15(3)28)14-16-11-10-12-16)27(9-2)21(30)19(23(4,5)6)26-22(31)24-7;1-2-3-5-4-6;1-3-2;2*1-2/h16-19H,8-14H2,1-7H3,(H,25,29)(H2,24,26,31);2,4H,1,3H2,(H,5,6);3H2,1-2H3;2*1-2H3. The summed E-state index contributed by atoms with van der Waals surface area (Å²) in [5, 5.41) is 10.7. The number of nitrogens with one attached hydrogen (secondary N) is 4.